The average Bonchev–Trinajstić information content (AvgIpc) is 3.13. The molecule has 178 valence electrons. The predicted octanol–water partition coefficient (Wildman–Crippen LogP) is 5.13. The first-order chi connectivity index (χ1) is 15.5. The van der Waals surface area contributed by atoms with Crippen molar-refractivity contribution in [2.75, 3.05) is 19.8 Å². The largest absolute Gasteiger partial charge is 0.462 e. The van der Waals surface area contributed by atoms with Crippen molar-refractivity contribution in [3.63, 3.8) is 0 Å². The summed E-state index contributed by atoms with van der Waals surface area (Å²) >= 11 is 3.44. The van der Waals surface area contributed by atoms with Gasteiger partial charge in [-0.3, -0.25) is 9.69 Å². The number of ether oxygens (including phenoxy) is 3. The Kier molecular flexibility index (Phi) is 8.13. The van der Waals surface area contributed by atoms with E-state index in [1.54, 1.807) is 26.8 Å². The molecule has 8 heteroatoms. The van der Waals surface area contributed by atoms with Gasteiger partial charge in [-0.15, -0.1) is 0 Å². The number of fused-ring (bicyclic) bond motifs is 1. The molecular formula is C25H30BrNO6. The van der Waals surface area contributed by atoms with Crippen LogP contribution in [0.4, 0.5) is 4.79 Å². The number of nitrogens with zero attached hydrogens (tertiary/aromatic N) is 1. The van der Waals surface area contributed by atoms with E-state index in [0.29, 0.717) is 18.4 Å². The van der Waals surface area contributed by atoms with Crippen LogP contribution in [-0.4, -0.2) is 60.3 Å². The normalized spacial score (nSPS) is 18.4. The van der Waals surface area contributed by atoms with Crippen LogP contribution >= 0.6 is 15.9 Å². The molecule has 1 heterocycles. The van der Waals surface area contributed by atoms with E-state index >= 15 is 0 Å². The lowest BCUT2D eigenvalue weighted by Gasteiger charge is -2.30. The minimum absolute atomic E-state index is 0.00486. The third-order valence-electron chi connectivity index (χ3n) is 5.37. The molecule has 1 saturated heterocycles. The number of benzene rings is 2. The lowest BCUT2D eigenvalue weighted by Crippen LogP contribution is -2.47. The maximum atomic E-state index is 12.5. The van der Waals surface area contributed by atoms with Gasteiger partial charge >= 0.3 is 12.1 Å². The van der Waals surface area contributed by atoms with Crippen molar-refractivity contribution < 1.29 is 28.6 Å². The van der Waals surface area contributed by atoms with E-state index < -0.39 is 23.7 Å². The molecule has 0 aliphatic carbocycles. The Labute approximate surface area is 202 Å². The summed E-state index contributed by atoms with van der Waals surface area (Å²) in [6, 6.07) is 10.6. The van der Waals surface area contributed by atoms with Crippen molar-refractivity contribution in [1.29, 1.82) is 0 Å². The first kappa shape index (κ1) is 25.2. The number of hydrogen-bond donors (Lipinski definition) is 0. The highest BCUT2D eigenvalue weighted by atomic mass is 79.9. The predicted molar refractivity (Wildman–Crippen MR) is 128 cm³/mol. The summed E-state index contributed by atoms with van der Waals surface area (Å²) in [6.45, 7) is 7.23. The quantitative estimate of drug-likeness (QED) is 0.286. The highest BCUT2D eigenvalue weighted by Gasteiger charge is 2.41. The second-order valence-corrected chi connectivity index (χ2v) is 10.1. The van der Waals surface area contributed by atoms with Gasteiger partial charge in [0, 0.05) is 16.1 Å². The number of Topliss-reactive ketones (excluding diaryl/α,β-unsaturated/α-hetero) is 1. The van der Waals surface area contributed by atoms with Gasteiger partial charge in [-0.1, -0.05) is 34.1 Å². The van der Waals surface area contributed by atoms with Crippen molar-refractivity contribution >= 4 is 44.5 Å². The first-order valence-electron chi connectivity index (χ1n) is 11.0. The average molecular weight is 520 g/mol. The topological polar surface area (TPSA) is 82.1 Å². The van der Waals surface area contributed by atoms with Crippen LogP contribution in [0.1, 0.15) is 50.9 Å². The van der Waals surface area contributed by atoms with Gasteiger partial charge in [0.15, 0.2) is 5.78 Å². The van der Waals surface area contributed by atoms with Crippen molar-refractivity contribution in [2.45, 2.75) is 58.2 Å². The molecule has 2 aromatic rings. The van der Waals surface area contributed by atoms with E-state index in [9.17, 15) is 14.4 Å². The molecule has 2 aromatic carbocycles. The van der Waals surface area contributed by atoms with Crippen molar-refractivity contribution in [1.82, 2.24) is 4.90 Å². The van der Waals surface area contributed by atoms with E-state index in [1.165, 1.54) is 4.90 Å². The van der Waals surface area contributed by atoms with Gasteiger partial charge in [0.05, 0.1) is 6.61 Å². The lowest BCUT2D eigenvalue weighted by molar-refractivity contribution is -0.150. The summed E-state index contributed by atoms with van der Waals surface area (Å²) in [5.74, 6) is -0.632. The molecule has 1 aliphatic heterocycles. The van der Waals surface area contributed by atoms with E-state index in [4.69, 9.17) is 14.2 Å². The zero-order valence-corrected chi connectivity index (χ0v) is 21.0. The Hall–Kier alpha value is -2.45. The van der Waals surface area contributed by atoms with Gasteiger partial charge < -0.3 is 14.2 Å². The Morgan fingerprint density at radius 3 is 2.45 bits per heavy atom. The summed E-state index contributed by atoms with van der Waals surface area (Å²) in [5, 5.41) is 2.01. The molecule has 2 atom stereocenters. The van der Waals surface area contributed by atoms with E-state index in [2.05, 4.69) is 15.9 Å². The molecule has 1 fully saturated rings. The molecule has 33 heavy (non-hydrogen) atoms. The number of esters is 1. The van der Waals surface area contributed by atoms with Crippen LogP contribution in [-0.2, 0) is 19.0 Å². The van der Waals surface area contributed by atoms with Crippen LogP contribution in [0, 0.1) is 0 Å². The third kappa shape index (κ3) is 6.77. The fourth-order valence-corrected chi connectivity index (χ4v) is 4.15. The number of amides is 1. The van der Waals surface area contributed by atoms with Crippen LogP contribution in [0.15, 0.2) is 40.9 Å². The second kappa shape index (κ2) is 10.7. The Morgan fingerprint density at radius 1 is 1.03 bits per heavy atom. The SMILES string of the molecule is C[C@H]1CC[C@@H](C(=O)OCCOCC(=O)c2ccc3cc(Br)ccc3c2)N1C(=O)OC(C)(C)C. The number of hydrogen-bond acceptors (Lipinski definition) is 6. The van der Waals surface area contributed by atoms with Gasteiger partial charge in [-0.05, 0) is 69.5 Å². The molecule has 7 nitrogen and oxygen atoms in total. The molecule has 3 rings (SSSR count). The van der Waals surface area contributed by atoms with Crippen LogP contribution < -0.4 is 0 Å². The molecule has 1 amide bonds. The van der Waals surface area contributed by atoms with E-state index in [1.807, 2.05) is 37.3 Å². The molecule has 0 bridgehead atoms. The van der Waals surface area contributed by atoms with Crippen LogP contribution in [0.5, 0.6) is 0 Å². The summed E-state index contributed by atoms with van der Waals surface area (Å²) in [7, 11) is 0. The minimum Gasteiger partial charge on any atom is -0.462 e. The molecule has 0 unspecified atom stereocenters. The standard InChI is InChI=1S/C25H30BrNO6/c1-16-5-10-21(27(16)24(30)33-25(2,3)4)23(29)32-12-11-31-15-22(28)19-7-6-18-14-20(26)9-8-17(18)13-19/h6-9,13-14,16,21H,5,10-12,15H2,1-4H3/t16-,21-/m0/s1. The molecule has 0 spiro atoms. The summed E-state index contributed by atoms with van der Waals surface area (Å²) in [4.78, 5) is 38.9. The number of likely N-dealkylation sites (tertiary alicyclic amines) is 1. The number of halogens is 1. The van der Waals surface area contributed by atoms with E-state index in [0.717, 1.165) is 15.2 Å². The Bertz CT molecular complexity index is 1030. The van der Waals surface area contributed by atoms with Gasteiger partial charge in [-0.25, -0.2) is 9.59 Å². The third-order valence-corrected chi connectivity index (χ3v) is 5.87. The maximum absolute atomic E-state index is 12.5. The van der Waals surface area contributed by atoms with Gasteiger partial charge in [0.25, 0.3) is 0 Å². The van der Waals surface area contributed by atoms with Crippen LogP contribution in [0.3, 0.4) is 0 Å². The molecular weight excluding hydrogens is 490 g/mol. The fourth-order valence-electron chi connectivity index (χ4n) is 3.77. The molecule has 0 radical (unpaired) electrons. The zero-order chi connectivity index (χ0) is 24.2. The summed E-state index contributed by atoms with van der Waals surface area (Å²) < 4.78 is 17.1. The lowest BCUT2D eigenvalue weighted by atomic mass is 10.0. The summed E-state index contributed by atoms with van der Waals surface area (Å²) in [6.07, 6.45) is 0.711. The van der Waals surface area contributed by atoms with Crippen molar-refractivity contribution in [3.05, 3.63) is 46.4 Å². The van der Waals surface area contributed by atoms with Gasteiger partial charge in [-0.2, -0.15) is 0 Å². The first-order valence-corrected chi connectivity index (χ1v) is 11.8. The molecule has 1 aliphatic rings. The van der Waals surface area contributed by atoms with Crippen LogP contribution in [0.2, 0.25) is 0 Å². The second-order valence-electron chi connectivity index (χ2n) is 9.18. The highest BCUT2D eigenvalue weighted by Crippen LogP contribution is 2.27. The molecule has 0 N–H and O–H groups in total. The van der Waals surface area contributed by atoms with Crippen molar-refractivity contribution in [2.24, 2.45) is 0 Å². The zero-order valence-electron chi connectivity index (χ0n) is 19.4. The fraction of sp³-hybridized carbons (Fsp3) is 0.480. The Morgan fingerprint density at radius 2 is 1.73 bits per heavy atom. The monoisotopic (exact) mass is 519 g/mol. The molecule has 0 aromatic heterocycles. The molecule has 0 saturated carbocycles. The van der Waals surface area contributed by atoms with Crippen LogP contribution in [0.25, 0.3) is 10.8 Å². The number of carbonyl (C=O) groups excluding carboxylic acids is 3. The Balaban J connectivity index is 1.44. The maximum Gasteiger partial charge on any atom is 0.411 e. The van der Waals surface area contributed by atoms with Gasteiger partial charge in [0.1, 0.15) is 24.9 Å². The number of carbonyl (C=O) groups is 3. The summed E-state index contributed by atoms with van der Waals surface area (Å²) in [5.41, 5.74) is -0.0781. The van der Waals surface area contributed by atoms with E-state index in [-0.39, 0.29) is 31.6 Å². The van der Waals surface area contributed by atoms with Gasteiger partial charge in [0.2, 0.25) is 0 Å². The minimum atomic E-state index is -0.672. The smallest absolute Gasteiger partial charge is 0.411 e. The van der Waals surface area contributed by atoms with Crippen molar-refractivity contribution in [3.8, 4) is 0 Å². The number of ketones is 1. The number of rotatable bonds is 7. The highest BCUT2D eigenvalue weighted by molar-refractivity contribution is 9.10.